The van der Waals surface area contributed by atoms with Crippen LogP contribution in [0.3, 0.4) is 0 Å². The third-order valence-electron chi connectivity index (χ3n) is 3.84. The van der Waals surface area contributed by atoms with Gasteiger partial charge in [-0.2, -0.15) is 0 Å². The molecule has 0 fully saturated rings. The Kier molecular flexibility index (Phi) is 6.87. The van der Waals surface area contributed by atoms with Crippen LogP contribution in [0.25, 0.3) is 0 Å². The van der Waals surface area contributed by atoms with E-state index in [1.807, 2.05) is 26.0 Å². The lowest BCUT2D eigenvalue weighted by Gasteiger charge is -2.16. The number of carbonyl (C=O) groups excluding carboxylic acids is 1. The average Bonchev–Trinajstić information content (AvgIpc) is 2.56. The highest BCUT2D eigenvalue weighted by atomic mass is 127. The van der Waals surface area contributed by atoms with Gasteiger partial charge in [-0.1, -0.05) is 34.8 Å². The summed E-state index contributed by atoms with van der Waals surface area (Å²) >= 11 is 20.9. The number of hydrogen-bond acceptors (Lipinski definition) is 2. The molecule has 0 aliphatic carbocycles. The normalized spacial score (nSPS) is 10.7. The van der Waals surface area contributed by atoms with E-state index in [4.69, 9.17) is 39.5 Å². The molecular weight excluding hydrogens is 495 g/mol. The van der Waals surface area contributed by atoms with Gasteiger partial charge in [0.2, 0.25) is 0 Å². The monoisotopic (exact) mass is 511 g/mol. The molecule has 0 aliphatic heterocycles. The van der Waals surface area contributed by atoms with Crippen LogP contribution in [0.5, 0.6) is 5.75 Å². The maximum absolute atomic E-state index is 12.2. The highest BCUT2D eigenvalue weighted by molar-refractivity contribution is 14.1. The predicted octanol–water partition coefficient (Wildman–Crippen LogP) is 6.50. The highest BCUT2D eigenvalue weighted by Crippen LogP contribution is 2.42. The SMILES string of the molecule is Cc1cc(NC(=O)COc2c(Cl)c(C)c(Cl)c(C)c2Cl)c(C)cc1I. The lowest BCUT2D eigenvalue weighted by atomic mass is 10.1. The number of nitrogens with one attached hydrogen (secondary N) is 1. The van der Waals surface area contributed by atoms with Crippen molar-refractivity contribution in [3.8, 4) is 5.75 Å². The predicted molar refractivity (Wildman–Crippen MR) is 114 cm³/mol. The van der Waals surface area contributed by atoms with Crippen molar-refractivity contribution in [2.24, 2.45) is 0 Å². The second-order valence-electron chi connectivity index (χ2n) is 5.77. The number of amides is 1. The maximum Gasteiger partial charge on any atom is 0.262 e. The molecule has 7 heteroatoms. The van der Waals surface area contributed by atoms with Crippen molar-refractivity contribution in [2.75, 3.05) is 11.9 Å². The Bertz CT molecular complexity index is 824. The molecule has 0 atom stereocenters. The third kappa shape index (κ3) is 4.54. The van der Waals surface area contributed by atoms with E-state index in [-0.39, 0.29) is 18.3 Å². The quantitative estimate of drug-likeness (QED) is 0.475. The fourth-order valence-corrected chi connectivity index (χ4v) is 3.72. The summed E-state index contributed by atoms with van der Waals surface area (Å²) in [6.07, 6.45) is 0. The van der Waals surface area contributed by atoms with Crippen molar-refractivity contribution < 1.29 is 9.53 Å². The number of halogens is 4. The van der Waals surface area contributed by atoms with Gasteiger partial charge in [0, 0.05) is 14.3 Å². The van der Waals surface area contributed by atoms with Gasteiger partial charge in [-0.25, -0.2) is 0 Å². The van der Waals surface area contributed by atoms with E-state index in [9.17, 15) is 4.79 Å². The number of aryl methyl sites for hydroxylation is 2. The fraction of sp³-hybridized carbons (Fsp3) is 0.278. The van der Waals surface area contributed by atoms with E-state index in [0.29, 0.717) is 26.2 Å². The van der Waals surface area contributed by atoms with Gasteiger partial charge in [-0.05, 0) is 84.7 Å². The standard InChI is InChI=1S/C18H17Cl3INO2/c1-8-6-13(9(2)5-12(8)22)23-14(24)7-25-18-16(20)10(3)15(19)11(4)17(18)21/h5-6H,7H2,1-4H3,(H,23,24). The highest BCUT2D eigenvalue weighted by Gasteiger charge is 2.19. The van der Waals surface area contributed by atoms with Gasteiger partial charge >= 0.3 is 0 Å². The number of anilines is 1. The molecule has 1 amide bonds. The summed E-state index contributed by atoms with van der Waals surface area (Å²) in [7, 11) is 0. The van der Waals surface area contributed by atoms with Crippen molar-refractivity contribution in [2.45, 2.75) is 27.7 Å². The molecule has 0 aromatic heterocycles. The molecule has 2 rings (SSSR count). The molecule has 0 radical (unpaired) electrons. The Morgan fingerprint density at radius 1 is 1.00 bits per heavy atom. The summed E-state index contributed by atoms with van der Waals surface area (Å²) < 4.78 is 6.72. The summed E-state index contributed by atoms with van der Waals surface area (Å²) in [5.74, 6) is -0.0190. The minimum Gasteiger partial charge on any atom is -0.481 e. The first-order valence-electron chi connectivity index (χ1n) is 7.46. The Morgan fingerprint density at radius 2 is 1.56 bits per heavy atom. The van der Waals surface area contributed by atoms with E-state index in [1.165, 1.54) is 0 Å². The molecule has 3 nitrogen and oxygen atoms in total. The molecule has 0 saturated carbocycles. The Morgan fingerprint density at radius 3 is 2.12 bits per heavy atom. The van der Waals surface area contributed by atoms with Gasteiger partial charge in [-0.3, -0.25) is 4.79 Å². The summed E-state index contributed by atoms with van der Waals surface area (Å²) in [6.45, 7) is 7.28. The molecule has 0 spiro atoms. The molecule has 0 aliphatic rings. The van der Waals surface area contributed by atoms with Crippen LogP contribution in [-0.4, -0.2) is 12.5 Å². The molecule has 0 bridgehead atoms. The summed E-state index contributed by atoms with van der Waals surface area (Å²) in [4.78, 5) is 12.2. The van der Waals surface area contributed by atoms with E-state index in [0.717, 1.165) is 20.4 Å². The molecule has 2 aromatic carbocycles. The van der Waals surface area contributed by atoms with Crippen LogP contribution in [0.15, 0.2) is 12.1 Å². The van der Waals surface area contributed by atoms with Crippen molar-refractivity contribution in [3.63, 3.8) is 0 Å². The molecule has 0 heterocycles. The summed E-state index contributed by atoms with van der Waals surface area (Å²) in [6, 6.07) is 3.96. The Labute approximate surface area is 176 Å². The molecule has 134 valence electrons. The molecule has 0 saturated heterocycles. The van der Waals surface area contributed by atoms with Gasteiger partial charge in [0.25, 0.3) is 5.91 Å². The Balaban J connectivity index is 2.15. The van der Waals surface area contributed by atoms with Crippen molar-refractivity contribution in [3.05, 3.63) is 53.0 Å². The van der Waals surface area contributed by atoms with Crippen molar-refractivity contribution in [1.82, 2.24) is 0 Å². The zero-order valence-corrected chi connectivity index (χ0v) is 18.6. The van der Waals surface area contributed by atoms with Crippen LogP contribution in [0.4, 0.5) is 5.69 Å². The smallest absolute Gasteiger partial charge is 0.262 e. The zero-order chi connectivity index (χ0) is 18.9. The van der Waals surface area contributed by atoms with Crippen LogP contribution >= 0.6 is 57.4 Å². The number of ether oxygens (including phenoxy) is 1. The second-order valence-corrected chi connectivity index (χ2v) is 8.07. The van der Waals surface area contributed by atoms with Crippen molar-refractivity contribution in [1.29, 1.82) is 0 Å². The van der Waals surface area contributed by atoms with Crippen LogP contribution in [0.2, 0.25) is 15.1 Å². The van der Waals surface area contributed by atoms with Crippen LogP contribution in [-0.2, 0) is 4.79 Å². The number of hydrogen-bond donors (Lipinski definition) is 1. The van der Waals surface area contributed by atoms with Gasteiger partial charge in [-0.15, -0.1) is 0 Å². The Hall–Kier alpha value is -0.690. The van der Waals surface area contributed by atoms with E-state index >= 15 is 0 Å². The van der Waals surface area contributed by atoms with Gasteiger partial charge in [0.15, 0.2) is 12.4 Å². The van der Waals surface area contributed by atoms with E-state index in [2.05, 4.69) is 27.9 Å². The van der Waals surface area contributed by atoms with Gasteiger partial charge in [0.1, 0.15) is 0 Å². The summed E-state index contributed by atoms with van der Waals surface area (Å²) in [5.41, 5.74) is 4.18. The van der Waals surface area contributed by atoms with Crippen molar-refractivity contribution >= 4 is 69.0 Å². The molecule has 0 unspecified atom stereocenters. The number of benzene rings is 2. The third-order valence-corrected chi connectivity index (χ3v) is 6.48. The zero-order valence-electron chi connectivity index (χ0n) is 14.2. The lowest BCUT2D eigenvalue weighted by molar-refractivity contribution is -0.118. The minimum atomic E-state index is -0.291. The molecule has 2 aromatic rings. The first-order chi connectivity index (χ1) is 11.6. The minimum absolute atomic E-state index is 0.204. The summed E-state index contributed by atoms with van der Waals surface area (Å²) in [5, 5.41) is 3.97. The van der Waals surface area contributed by atoms with Gasteiger partial charge in [0.05, 0.1) is 10.0 Å². The van der Waals surface area contributed by atoms with E-state index < -0.39 is 0 Å². The first-order valence-corrected chi connectivity index (χ1v) is 9.67. The van der Waals surface area contributed by atoms with E-state index in [1.54, 1.807) is 13.8 Å². The first kappa shape index (κ1) is 20.6. The maximum atomic E-state index is 12.2. The lowest BCUT2D eigenvalue weighted by Crippen LogP contribution is -2.21. The molecular formula is C18H17Cl3INO2. The van der Waals surface area contributed by atoms with Gasteiger partial charge < -0.3 is 10.1 Å². The van der Waals surface area contributed by atoms with Crippen LogP contribution in [0, 0.1) is 31.3 Å². The van der Waals surface area contributed by atoms with Crippen LogP contribution < -0.4 is 10.1 Å². The number of rotatable bonds is 4. The topological polar surface area (TPSA) is 38.3 Å². The fourth-order valence-electron chi connectivity index (χ4n) is 2.28. The van der Waals surface area contributed by atoms with Crippen LogP contribution in [0.1, 0.15) is 22.3 Å². The molecule has 25 heavy (non-hydrogen) atoms. The number of carbonyl (C=O) groups is 1. The largest absolute Gasteiger partial charge is 0.481 e. The average molecular weight is 513 g/mol. The molecule has 1 N–H and O–H groups in total. The second kappa shape index (κ2) is 8.33.